The predicted octanol–water partition coefficient (Wildman–Crippen LogP) is 2.43. The quantitative estimate of drug-likeness (QED) is 0.873. The fourth-order valence-electron chi connectivity index (χ4n) is 1.27. The highest BCUT2D eigenvalue weighted by Gasteiger charge is 2.46. The molecule has 0 aromatic heterocycles. The first kappa shape index (κ1) is 12.4. The molecule has 0 amide bonds. The van der Waals surface area contributed by atoms with Crippen molar-refractivity contribution in [2.45, 2.75) is 12.1 Å². The Balaban J connectivity index is 3.07. The maximum Gasteiger partial charge on any atom is 0.406 e. The van der Waals surface area contributed by atoms with E-state index in [4.69, 9.17) is 9.84 Å². The van der Waals surface area contributed by atoms with E-state index in [-0.39, 0.29) is 5.56 Å². The highest BCUT2D eigenvalue weighted by molar-refractivity contribution is 5.77. The third-order valence-corrected chi connectivity index (χ3v) is 2.02. The van der Waals surface area contributed by atoms with E-state index in [2.05, 4.69) is 0 Å². The molecule has 3 nitrogen and oxygen atoms in total. The third kappa shape index (κ3) is 2.65. The number of carboxylic acid groups (broad SMARTS) is 1. The van der Waals surface area contributed by atoms with Crippen LogP contribution in [0.25, 0.3) is 0 Å². The van der Waals surface area contributed by atoms with Crippen molar-refractivity contribution in [3.63, 3.8) is 0 Å². The summed E-state index contributed by atoms with van der Waals surface area (Å²) in [7, 11) is 1.37. The van der Waals surface area contributed by atoms with E-state index < -0.39 is 18.1 Å². The summed E-state index contributed by atoms with van der Waals surface area (Å²) in [6.45, 7) is 0. The van der Waals surface area contributed by atoms with Gasteiger partial charge in [0.15, 0.2) is 5.92 Å². The minimum Gasteiger partial charge on any atom is -0.497 e. The van der Waals surface area contributed by atoms with Gasteiger partial charge in [0.05, 0.1) is 7.11 Å². The lowest BCUT2D eigenvalue weighted by Crippen LogP contribution is -2.28. The Bertz CT molecular complexity index is 370. The summed E-state index contributed by atoms with van der Waals surface area (Å²) in [4.78, 5) is 10.5. The summed E-state index contributed by atoms with van der Waals surface area (Å²) < 4.78 is 42.0. The first-order valence-electron chi connectivity index (χ1n) is 4.29. The first-order chi connectivity index (χ1) is 7.36. The van der Waals surface area contributed by atoms with Crippen LogP contribution in [0.5, 0.6) is 5.75 Å². The van der Waals surface area contributed by atoms with Gasteiger partial charge in [-0.25, -0.2) is 0 Å². The molecular formula is C10H9F3O3. The zero-order valence-electron chi connectivity index (χ0n) is 8.28. The van der Waals surface area contributed by atoms with Gasteiger partial charge in [-0.3, -0.25) is 4.79 Å². The summed E-state index contributed by atoms with van der Waals surface area (Å²) in [5.41, 5.74) is -0.319. The molecule has 1 unspecified atom stereocenters. The van der Waals surface area contributed by atoms with Gasteiger partial charge in [0, 0.05) is 0 Å². The van der Waals surface area contributed by atoms with Crippen LogP contribution >= 0.6 is 0 Å². The van der Waals surface area contributed by atoms with E-state index in [0.717, 1.165) is 12.1 Å². The Labute approximate surface area is 89.5 Å². The highest BCUT2D eigenvalue weighted by atomic mass is 19.4. The summed E-state index contributed by atoms with van der Waals surface area (Å²) >= 11 is 0. The standard InChI is InChI=1S/C10H9F3O3/c1-16-7-4-2-6(3-5-7)8(9(14)15)10(11,12)13/h2-5,8H,1H3,(H,14,15). The van der Waals surface area contributed by atoms with Crippen molar-refractivity contribution in [1.82, 2.24) is 0 Å². The fourth-order valence-corrected chi connectivity index (χ4v) is 1.27. The number of rotatable bonds is 3. The number of hydrogen-bond acceptors (Lipinski definition) is 2. The number of hydrogen-bond donors (Lipinski definition) is 1. The normalized spacial score (nSPS) is 13.2. The molecule has 1 aromatic rings. The van der Waals surface area contributed by atoms with Gasteiger partial charge >= 0.3 is 12.1 Å². The smallest absolute Gasteiger partial charge is 0.406 e. The molecule has 0 fully saturated rings. The number of benzene rings is 1. The lowest BCUT2D eigenvalue weighted by Gasteiger charge is -2.16. The lowest BCUT2D eigenvalue weighted by molar-refractivity contribution is -0.176. The molecule has 0 spiro atoms. The number of carbonyl (C=O) groups is 1. The minimum atomic E-state index is -4.81. The Morgan fingerprint density at radius 2 is 1.81 bits per heavy atom. The van der Waals surface area contributed by atoms with Crippen molar-refractivity contribution in [1.29, 1.82) is 0 Å². The van der Waals surface area contributed by atoms with E-state index in [1.165, 1.54) is 19.2 Å². The largest absolute Gasteiger partial charge is 0.497 e. The van der Waals surface area contributed by atoms with Crippen molar-refractivity contribution in [3.05, 3.63) is 29.8 Å². The van der Waals surface area contributed by atoms with E-state index in [1.54, 1.807) is 0 Å². The van der Waals surface area contributed by atoms with E-state index >= 15 is 0 Å². The monoisotopic (exact) mass is 234 g/mol. The molecule has 88 valence electrons. The van der Waals surface area contributed by atoms with Gasteiger partial charge in [0.1, 0.15) is 5.75 Å². The Kier molecular flexibility index (Phi) is 3.41. The molecular weight excluding hydrogens is 225 g/mol. The molecule has 0 aliphatic carbocycles. The minimum absolute atomic E-state index is 0.319. The van der Waals surface area contributed by atoms with Gasteiger partial charge in [0.25, 0.3) is 0 Å². The maximum absolute atomic E-state index is 12.4. The topological polar surface area (TPSA) is 46.5 Å². The van der Waals surface area contributed by atoms with Gasteiger partial charge in [-0.1, -0.05) is 12.1 Å². The number of alkyl halides is 3. The van der Waals surface area contributed by atoms with Crippen LogP contribution in [0, 0.1) is 0 Å². The lowest BCUT2D eigenvalue weighted by atomic mass is 9.99. The molecule has 1 N–H and O–H groups in total. The molecule has 16 heavy (non-hydrogen) atoms. The molecule has 0 radical (unpaired) electrons. The summed E-state index contributed by atoms with van der Waals surface area (Å²) in [6, 6.07) is 4.75. The molecule has 0 saturated heterocycles. The van der Waals surface area contributed by atoms with Crippen LogP contribution in [0.15, 0.2) is 24.3 Å². The van der Waals surface area contributed by atoms with Crippen LogP contribution in [0.3, 0.4) is 0 Å². The Morgan fingerprint density at radius 1 is 1.31 bits per heavy atom. The second-order valence-corrected chi connectivity index (χ2v) is 3.09. The van der Waals surface area contributed by atoms with Crippen LogP contribution in [0.2, 0.25) is 0 Å². The van der Waals surface area contributed by atoms with Gasteiger partial charge in [0.2, 0.25) is 0 Å². The van der Waals surface area contributed by atoms with Gasteiger partial charge in [-0.05, 0) is 17.7 Å². The molecule has 1 rings (SSSR count). The second-order valence-electron chi connectivity index (χ2n) is 3.09. The molecule has 0 bridgehead atoms. The van der Waals surface area contributed by atoms with Crippen molar-refractivity contribution in [2.24, 2.45) is 0 Å². The van der Waals surface area contributed by atoms with Gasteiger partial charge < -0.3 is 9.84 Å². The van der Waals surface area contributed by atoms with E-state index in [0.29, 0.717) is 5.75 Å². The van der Waals surface area contributed by atoms with E-state index in [9.17, 15) is 18.0 Å². The summed E-state index contributed by atoms with van der Waals surface area (Å²) in [5, 5.41) is 8.54. The molecule has 6 heteroatoms. The summed E-state index contributed by atoms with van der Waals surface area (Å²) in [6.07, 6.45) is -4.81. The molecule has 0 heterocycles. The zero-order chi connectivity index (χ0) is 12.3. The number of aliphatic carboxylic acids is 1. The van der Waals surface area contributed by atoms with Crippen LogP contribution in [0.4, 0.5) is 13.2 Å². The van der Waals surface area contributed by atoms with Gasteiger partial charge in [-0.15, -0.1) is 0 Å². The highest BCUT2D eigenvalue weighted by Crippen LogP contribution is 2.35. The Hall–Kier alpha value is -1.72. The van der Waals surface area contributed by atoms with Crippen molar-refractivity contribution in [3.8, 4) is 5.75 Å². The SMILES string of the molecule is COc1ccc(C(C(=O)O)C(F)(F)F)cc1. The van der Waals surface area contributed by atoms with Crippen molar-refractivity contribution in [2.75, 3.05) is 7.11 Å². The van der Waals surface area contributed by atoms with Crippen LogP contribution in [-0.4, -0.2) is 24.4 Å². The average Bonchev–Trinajstić information content (AvgIpc) is 2.16. The molecule has 1 aromatic carbocycles. The molecule has 1 atom stereocenters. The van der Waals surface area contributed by atoms with Crippen LogP contribution in [0.1, 0.15) is 11.5 Å². The number of carboxylic acids is 1. The molecule has 0 aliphatic rings. The third-order valence-electron chi connectivity index (χ3n) is 2.02. The number of methoxy groups -OCH3 is 1. The summed E-state index contributed by atoms with van der Waals surface area (Å²) in [5.74, 6) is -4.05. The number of ether oxygens (including phenoxy) is 1. The molecule has 0 saturated carbocycles. The fraction of sp³-hybridized carbons (Fsp3) is 0.300. The second kappa shape index (κ2) is 4.42. The van der Waals surface area contributed by atoms with Crippen molar-refractivity contribution >= 4 is 5.97 Å². The first-order valence-corrected chi connectivity index (χ1v) is 4.29. The molecule has 0 aliphatic heterocycles. The Morgan fingerprint density at radius 3 is 2.12 bits per heavy atom. The van der Waals surface area contributed by atoms with Crippen molar-refractivity contribution < 1.29 is 27.8 Å². The number of halogens is 3. The predicted molar refractivity (Wildman–Crippen MR) is 49.4 cm³/mol. The maximum atomic E-state index is 12.4. The van der Waals surface area contributed by atoms with Crippen LogP contribution < -0.4 is 4.74 Å². The van der Waals surface area contributed by atoms with Crippen LogP contribution in [-0.2, 0) is 4.79 Å². The average molecular weight is 234 g/mol. The zero-order valence-corrected chi connectivity index (χ0v) is 8.28. The van der Waals surface area contributed by atoms with Gasteiger partial charge in [-0.2, -0.15) is 13.2 Å². The van der Waals surface area contributed by atoms with E-state index in [1.807, 2.05) is 0 Å².